The van der Waals surface area contributed by atoms with E-state index >= 15 is 0 Å². The van der Waals surface area contributed by atoms with Gasteiger partial charge in [0, 0.05) is 18.3 Å². The largest absolute Gasteiger partial charge is 0.454 e. The molecule has 1 aliphatic heterocycles. The van der Waals surface area contributed by atoms with Crippen LogP contribution in [0.1, 0.15) is 12.5 Å². The Labute approximate surface area is 148 Å². The van der Waals surface area contributed by atoms with E-state index in [1.54, 1.807) is 6.92 Å². The minimum absolute atomic E-state index is 0.00718. The number of nitrogens with zero attached hydrogens (tertiary/aromatic N) is 2. The van der Waals surface area contributed by atoms with Crippen molar-refractivity contribution in [1.82, 2.24) is 0 Å². The van der Waals surface area contributed by atoms with Crippen molar-refractivity contribution >= 4 is 23.4 Å². The Morgan fingerprint density at radius 1 is 1.27 bits per heavy atom. The lowest BCUT2D eigenvalue weighted by molar-refractivity contribution is -0.385. The predicted octanol–water partition coefficient (Wildman–Crippen LogP) is 3.53. The number of nitro groups is 1. The van der Waals surface area contributed by atoms with Crippen LogP contribution in [0.5, 0.6) is 11.5 Å². The van der Waals surface area contributed by atoms with E-state index in [4.69, 9.17) is 9.47 Å². The van der Waals surface area contributed by atoms with E-state index in [0.717, 1.165) is 0 Å². The summed E-state index contributed by atoms with van der Waals surface area (Å²) in [5.41, 5.74) is 0.564. The summed E-state index contributed by atoms with van der Waals surface area (Å²) in [6.45, 7) is 2.13. The molecule has 1 amide bonds. The van der Waals surface area contributed by atoms with Gasteiger partial charge in [-0.05, 0) is 43.3 Å². The average Bonchev–Trinajstić information content (AvgIpc) is 3.08. The molecule has 0 radical (unpaired) electrons. The Bertz CT molecular complexity index is 880. The number of benzene rings is 2. The number of carbonyl (C=O) groups is 1. The smallest absolute Gasteiger partial charge is 0.280 e. The Kier molecular flexibility index (Phi) is 4.83. The lowest BCUT2D eigenvalue weighted by atomic mass is 10.1. The normalized spacial score (nSPS) is 12.4. The van der Waals surface area contributed by atoms with Crippen LogP contribution in [0.25, 0.3) is 6.08 Å². The summed E-state index contributed by atoms with van der Waals surface area (Å²) in [5, 5.41) is 11.3. The number of nitro benzene ring substituents is 1. The maximum Gasteiger partial charge on any atom is 0.280 e. The molecule has 0 bridgehead atoms. The van der Waals surface area contributed by atoms with Gasteiger partial charge in [-0.3, -0.25) is 14.9 Å². The third-order valence-electron chi connectivity index (χ3n) is 3.84. The molecule has 0 saturated carbocycles. The van der Waals surface area contributed by atoms with Crippen molar-refractivity contribution in [2.24, 2.45) is 0 Å². The van der Waals surface area contributed by atoms with Gasteiger partial charge < -0.3 is 14.4 Å². The molecule has 0 spiro atoms. The van der Waals surface area contributed by atoms with E-state index in [-0.39, 0.29) is 24.0 Å². The number of hydrogen-bond acceptors (Lipinski definition) is 5. The molecule has 0 aromatic heterocycles. The highest BCUT2D eigenvalue weighted by Crippen LogP contribution is 2.38. The number of likely N-dealkylation sites (N-methyl/N-ethyl adjacent to an activating group) is 1. The van der Waals surface area contributed by atoms with Gasteiger partial charge in [-0.1, -0.05) is 0 Å². The molecule has 2 aromatic carbocycles. The summed E-state index contributed by atoms with van der Waals surface area (Å²) in [5.74, 6) is -0.106. The Hall–Kier alpha value is -3.42. The van der Waals surface area contributed by atoms with E-state index in [9.17, 15) is 19.3 Å². The fraction of sp³-hybridized carbons (Fsp3) is 0.167. The first-order valence-electron chi connectivity index (χ1n) is 7.82. The second-order valence-electron chi connectivity index (χ2n) is 5.41. The van der Waals surface area contributed by atoms with E-state index < -0.39 is 10.7 Å². The second kappa shape index (κ2) is 7.22. The third-order valence-corrected chi connectivity index (χ3v) is 3.84. The van der Waals surface area contributed by atoms with Crippen LogP contribution in [-0.2, 0) is 4.79 Å². The Balaban J connectivity index is 1.87. The molecule has 2 aromatic rings. The van der Waals surface area contributed by atoms with Gasteiger partial charge in [-0.2, -0.15) is 0 Å². The first-order valence-corrected chi connectivity index (χ1v) is 7.82. The van der Waals surface area contributed by atoms with Gasteiger partial charge in [0.2, 0.25) is 6.79 Å². The molecule has 1 heterocycles. The molecular formula is C18H15FN2O5. The highest BCUT2D eigenvalue weighted by atomic mass is 19.1. The van der Waals surface area contributed by atoms with Crippen LogP contribution in [-0.4, -0.2) is 24.2 Å². The van der Waals surface area contributed by atoms with Crippen molar-refractivity contribution in [3.8, 4) is 11.5 Å². The van der Waals surface area contributed by atoms with Crippen LogP contribution in [0.2, 0.25) is 0 Å². The Morgan fingerprint density at radius 2 is 1.92 bits per heavy atom. The topological polar surface area (TPSA) is 81.9 Å². The third kappa shape index (κ3) is 3.49. The van der Waals surface area contributed by atoms with Crippen molar-refractivity contribution < 1.29 is 23.6 Å². The SMILES string of the molecule is CCN(C(=O)/C=C/c1cc2c(cc1[N+](=O)[O-])OCO2)c1ccc(F)cc1. The molecule has 0 atom stereocenters. The van der Waals surface area contributed by atoms with E-state index in [1.165, 1.54) is 53.5 Å². The number of carbonyl (C=O) groups excluding carboxylic acids is 1. The second-order valence-corrected chi connectivity index (χ2v) is 5.41. The van der Waals surface area contributed by atoms with Crippen LogP contribution in [0.3, 0.4) is 0 Å². The number of ether oxygens (including phenoxy) is 2. The summed E-state index contributed by atoms with van der Waals surface area (Å²) in [6.07, 6.45) is 2.59. The lowest BCUT2D eigenvalue weighted by Crippen LogP contribution is -2.28. The molecule has 0 aliphatic carbocycles. The van der Waals surface area contributed by atoms with Gasteiger partial charge in [0.05, 0.1) is 16.6 Å². The number of hydrogen-bond donors (Lipinski definition) is 0. The monoisotopic (exact) mass is 358 g/mol. The number of amides is 1. The molecule has 0 fully saturated rings. The quantitative estimate of drug-likeness (QED) is 0.464. The summed E-state index contributed by atoms with van der Waals surface area (Å²) in [4.78, 5) is 24.6. The molecule has 3 rings (SSSR count). The van der Waals surface area contributed by atoms with E-state index in [1.807, 2.05) is 0 Å². The van der Waals surface area contributed by atoms with Crippen molar-refractivity contribution in [3.05, 3.63) is 64.0 Å². The first-order chi connectivity index (χ1) is 12.5. The molecule has 0 saturated heterocycles. The van der Waals surface area contributed by atoms with E-state index in [2.05, 4.69) is 0 Å². The number of halogens is 1. The van der Waals surface area contributed by atoms with Crippen LogP contribution < -0.4 is 14.4 Å². The summed E-state index contributed by atoms with van der Waals surface area (Å²) in [6, 6.07) is 8.24. The highest BCUT2D eigenvalue weighted by Gasteiger charge is 2.22. The summed E-state index contributed by atoms with van der Waals surface area (Å²) in [7, 11) is 0. The number of anilines is 1. The van der Waals surface area contributed by atoms with Gasteiger partial charge in [0.1, 0.15) is 5.82 Å². The molecule has 8 heteroatoms. The highest BCUT2D eigenvalue weighted by molar-refractivity contribution is 6.04. The summed E-state index contributed by atoms with van der Waals surface area (Å²) >= 11 is 0. The van der Waals surface area contributed by atoms with Crippen LogP contribution in [0.4, 0.5) is 15.8 Å². The van der Waals surface area contributed by atoms with Crippen molar-refractivity contribution in [2.45, 2.75) is 6.92 Å². The standard InChI is InChI=1S/C18H15FN2O5/c1-2-20(14-6-4-13(19)5-7-14)18(22)8-3-12-9-16-17(26-11-25-16)10-15(12)21(23)24/h3-10H,2,11H2,1H3/b8-3+. The predicted molar refractivity (Wildman–Crippen MR) is 92.7 cm³/mol. The molecular weight excluding hydrogens is 343 g/mol. The lowest BCUT2D eigenvalue weighted by Gasteiger charge is -2.19. The molecule has 1 aliphatic rings. The molecule has 134 valence electrons. The van der Waals surface area contributed by atoms with Crippen molar-refractivity contribution in [3.63, 3.8) is 0 Å². The average molecular weight is 358 g/mol. The fourth-order valence-corrected chi connectivity index (χ4v) is 2.58. The molecule has 7 nitrogen and oxygen atoms in total. The van der Waals surface area contributed by atoms with E-state index in [0.29, 0.717) is 23.7 Å². The van der Waals surface area contributed by atoms with Crippen LogP contribution in [0, 0.1) is 15.9 Å². The van der Waals surface area contributed by atoms with Gasteiger partial charge in [-0.25, -0.2) is 4.39 Å². The van der Waals surface area contributed by atoms with Gasteiger partial charge in [0.15, 0.2) is 11.5 Å². The minimum Gasteiger partial charge on any atom is -0.454 e. The minimum atomic E-state index is -0.552. The number of fused-ring (bicyclic) bond motifs is 1. The zero-order valence-corrected chi connectivity index (χ0v) is 13.8. The maximum atomic E-state index is 13.1. The number of rotatable bonds is 5. The molecule has 0 unspecified atom stereocenters. The van der Waals surface area contributed by atoms with Gasteiger partial charge in [0.25, 0.3) is 11.6 Å². The molecule has 26 heavy (non-hydrogen) atoms. The maximum absolute atomic E-state index is 13.1. The van der Waals surface area contributed by atoms with Crippen molar-refractivity contribution in [2.75, 3.05) is 18.2 Å². The Morgan fingerprint density at radius 3 is 2.54 bits per heavy atom. The fourth-order valence-electron chi connectivity index (χ4n) is 2.58. The van der Waals surface area contributed by atoms with Crippen LogP contribution >= 0.6 is 0 Å². The van der Waals surface area contributed by atoms with Crippen molar-refractivity contribution in [1.29, 1.82) is 0 Å². The van der Waals surface area contributed by atoms with Gasteiger partial charge >= 0.3 is 0 Å². The molecule has 0 N–H and O–H groups in total. The van der Waals surface area contributed by atoms with Gasteiger partial charge in [-0.15, -0.1) is 0 Å². The zero-order valence-electron chi connectivity index (χ0n) is 13.8. The van der Waals surface area contributed by atoms with Crippen LogP contribution in [0.15, 0.2) is 42.5 Å². The zero-order chi connectivity index (χ0) is 18.7. The first kappa shape index (κ1) is 17.4. The summed E-state index contributed by atoms with van der Waals surface area (Å²) < 4.78 is 23.4.